The lowest BCUT2D eigenvalue weighted by molar-refractivity contribution is 0.671. The largest absolute Gasteiger partial charge is 0.455 e. The molecule has 1 nitrogen and oxygen atoms in total. The summed E-state index contributed by atoms with van der Waals surface area (Å²) in [5.74, 6) is 0. The van der Waals surface area contributed by atoms with Crippen molar-refractivity contribution in [1.29, 1.82) is 0 Å². The molecule has 1 heterocycles. The zero-order chi connectivity index (χ0) is 47.1. The summed E-state index contributed by atoms with van der Waals surface area (Å²) in [5.41, 5.74) is 0.272. The van der Waals surface area contributed by atoms with Gasteiger partial charge >= 0.3 is 0 Å². The van der Waals surface area contributed by atoms with Crippen molar-refractivity contribution in [2.75, 3.05) is 0 Å². The first-order chi connectivity index (χ1) is 31.4. The minimum Gasteiger partial charge on any atom is -0.455 e. The van der Waals surface area contributed by atoms with Gasteiger partial charge in [-0.3, -0.25) is 0 Å². The van der Waals surface area contributed by atoms with Crippen LogP contribution in [0.5, 0.6) is 0 Å². The zero-order valence-electron chi connectivity index (χ0n) is 42.4. The molecule has 0 bridgehead atoms. The molecular weight excluding hydrogens is 593 g/mol. The van der Waals surface area contributed by atoms with Crippen LogP contribution in [0.3, 0.4) is 0 Å². The molecule has 9 aromatic carbocycles. The van der Waals surface area contributed by atoms with Gasteiger partial charge in [0, 0.05) is 21.9 Å². The maximum atomic E-state index is 9.62. The summed E-state index contributed by atoms with van der Waals surface area (Å²) in [6.45, 7) is 0. The summed E-state index contributed by atoms with van der Waals surface area (Å²) in [5, 5.41) is 1.26. The highest BCUT2D eigenvalue weighted by molar-refractivity contribution is 6.21. The van der Waals surface area contributed by atoms with Crippen LogP contribution in [0.1, 0.15) is 23.3 Å². The first-order valence-corrected chi connectivity index (χ1v) is 15.5. The Morgan fingerprint density at radius 3 is 1.43 bits per heavy atom. The maximum absolute atomic E-state index is 9.62. The van der Waals surface area contributed by atoms with Crippen molar-refractivity contribution >= 4 is 54.3 Å². The third-order valence-corrected chi connectivity index (χ3v) is 8.87. The fourth-order valence-electron chi connectivity index (χ4n) is 6.76. The molecule has 0 radical (unpaired) electrons. The van der Waals surface area contributed by atoms with E-state index in [1.165, 1.54) is 0 Å². The van der Waals surface area contributed by atoms with E-state index in [-0.39, 0.29) is 16.7 Å². The van der Waals surface area contributed by atoms with Crippen LogP contribution < -0.4 is 0 Å². The lowest BCUT2D eigenvalue weighted by Gasteiger charge is -2.18. The van der Waals surface area contributed by atoms with Crippen molar-refractivity contribution in [2.45, 2.75) is 0 Å². The van der Waals surface area contributed by atoms with Gasteiger partial charge in [-0.1, -0.05) is 182 Å². The Morgan fingerprint density at radius 2 is 0.776 bits per heavy atom. The second-order valence-electron chi connectivity index (χ2n) is 11.5. The molecule has 10 rings (SSSR count). The second-order valence-corrected chi connectivity index (χ2v) is 11.5. The lowest BCUT2D eigenvalue weighted by Crippen LogP contribution is -1.90. The van der Waals surface area contributed by atoms with Crippen LogP contribution in [0.25, 0.3) is 98.8 Å². The number of benzene rings is 9. The molecule has 0 aliphatic carbocycles. The highest BCUT2D eigenvalue weighted by Gasteiger charge is 2.19. The predicted octanol–water partition coefficient (Wildman–Crippen LogP) is 13.7. The molecule has 0 saturated carbocycles. The first kappa shape index (κ1) is 15.6. The number of rotatable bonds is 4. The molecule has 0 atom stereocenters. The summed E-state index contributed by atoms with van der Waals surface area (Å²) in [7, 11) is 0. The molecular formula is C48H30O. The Balaban J connectivity index is 1.34. The van der Waals surface area contributed by atoms with Gasteiger partial charge < -0.3 is 4.42 Å². The lowest BCUT2D eigenvalue weighted by atomic mass is 9.85. The van der Waals surface area contributed by atoms with E-state index >= 15 is 0 Å². The van der Waals surface area contributed by atoms with Gasteiger partial charge in [0.25, 0.3) is 0 Å². The number of para-hydroxylation sites is 2. The van der Waals surface area contributed by atoms with Gasteiger partial charge in [-0.15, -0.1) is 0 Å². The van der Waals surface area contributed by atoms with Gasteiger partial charge in [-0.2, -0.15) is 0 Å². The Bertz CT molecular complexity index is 3710. The molecule has 0 N–H and O–H groups in total. The SMILES string of the molecule is [2H]c1c([2H])c([2H])c(-c2c3c([2H])c([2H])c([2H])c([2H])c3c(-c3c([2H])c([2H])c(-c4cccc5c4oc4c(-c6cccc7ccccc67)cccc45)c([2H])c3[2H])c3c([2H])c([2H])c([2H])c([2H])c23)c([2H])c1[2H]. The molecule has 49 heavy (non-hydrogen) atoms. The van der Waals surface area contributed by atoms with E-state index in [2.05, 4.69) is 0 Å². The van der Waals surface area contributed by atoms with Crippen LogP contribution in [0.15, 0.2) is 186 Å². The zero-order valence-corrected chi connectivity index (χ0v) is 25.4. The van der Waals surface area contributed by atoms with Crippen LogP contribution >= 0.6 is 0 Å². The Labute approximate surface area is 308 Å². The number of hydrogen-bond donors (Lipinski definition) is 0. The fourth-order valence-corrected chi connectivity index (χ4v) is 6.76. The van der Waals surface area contributed by atoms with Crippen molar-refractivity contribution < 1.29 is 27.7 Å². The summed E-state index contributed by atoms with van der Waals surface area (Å²) in [4.78, 5) is 0. The highest BCUT2D eigenvalue weighted by atomic mass is 16.3. The molecule has 1 heteroatoms. The van der Waals surface area contributed by atoms with Crippen LogP contribution in [-0.2, 0) is 0 Å². The fraction of sp³-hybridized carbons (Fsp3) is 0. The predicted molar refractivity (Wildman–Crippen MR) is 208 cm³/mol. The highest BCUT2D eigenvalue weighted by Crippen LogP contribution is 2.45. The second kappa shape index (κ2) is 11.1. The molecule has 0 amide bonds. The van der Waals surface area contributed by atoms with E-state index in [1.807, 2.05) is 66.7 Å². The van der Waals surface area contributed by atoms with Gasteiger partial charge in [-0.05, 0) is 65.7 Å². The smallest absolute Gasteiger partial charge is 0.143 e. The number of furan rings is 1. The van der Waals surface area contributed by atoms with Gasteiger partial charge in [0.1, 0.15) is 11.2 Å². The molecule has 0 unspecified atom stereocenters. The standard InChI is InChI=1S/C48H30O/c1-2-14-33(15-3-1)45-38-18-6-8-20-40(38)46(41-21-9-7-19-39(41)45)34-29-27-32(28-30-34)36-22-11-25-43-44-26-12-24-42(48(44)49-47(36)43)37-23-10-16-31-13-4-5-17-35(31)37/h1-30H/i1D,2D,3D,6D,7D,8D,9D,14D,15D,18D,19D,20D,21D,27D,28D,29D,30D. The van der Waals surface area contributed by atoms with Gasteiger partial charge in [0.15, 0.2) is 0 Å². The first-order valence-electron chi connectivity index (χ1n) is 24.0. The quantitative estimate of drug-likeness (QED) is 0.175. The molecule has 0 saturated heterocycles. The van der Waals surface area contributed by atoms with Crippen molar-refractivity contribution in [1.82, 2.24) is 0 Å². The topological polar surface area (TPSA) is 13.1 Å². The molecule has 228 valence electrons. The molecule has 0 spiro atoms. The average molecular weight is 640 g/mol. The Hall–Kier alpha value is -6.44. The van der Waals surface area contributed by atoms with Crippen LogP contribution in [-0.4, -0.2) is 0 Å². The van der Waals surface area contributed by atoms with Crippen molar-refractivity contribution in [3.8, 4) is 44.5 Å². The van der Waals surface area contributed by atoms with Crippen molar-refractivity contribution in [3.05, 3.63) is 182 Å². The Morgan fingerprint density at radius 1 is 0.327 bits per heavy atom. The van der Waals surface area contributed by atoms with E-state index in [9.17, 15) is 11.0 Å². The third-order valence-electron chi connectivity index (χ3n) is 8.87. The number of hydrogen-bond acceptors (Lipinski definition) is 1. The minimum absolute atomic E-state index is 0.182. The maximum Gasteiger partial charge on any atom is 0.143 e. The summed E-state index contributed by atoms with van der Waals surface area (Å²) in [6.07, 6.45) is 0. The van der Waals surface area contributed by atoms with E-state index in [0.717, 1.165) is 27.3 Å². The third kappa shape index (κ3) is 4.33. The van der Waals surface area contributed by atoms with Crippen LogP contribution in [0, 0.1) is 0 Å². The molecule has 1 aromatic heterocycles. The molecule has 0 aliphatic rings. The monoisotopic (exact) mass is 639 g/mol. The summed E-state index contributed by atoms with van der Waals surface area (Å²) < 4.78 is 160. The van der Waals surface area contributed by atoms with Crippen LogP contribution in [0.2, 0.25) is 0 Å². The molecule has 10 aromatic rings. The van der Waals surface area contributed by atoms with Gasteiger partial charge in [0.2, 0.25) is 0 Å². The van der Waals surface area contributed by atoms with E-state index in [0.29, 0.717) is 11.0 Å². The average Bonchev–Trinajstić information content (AvgIpc) is 3.71. The normalized spacial score (nSPS) is 16.5. The Kier molecular flexibility index (Phi) is 3.54. The summed E-state index contributed by atoms with van der Waals surface area (Å²) >= 11 is 0. The minimum atomic E-state index is -0.829. The van der Waals surface area contributed by atoms with Gasteiger partial charge in [0.05, 0.1) is 23.3 Å². The number of fused-ring (bicyclic) bond motifs is 6. The molecule has 0 aliphatic heterocycles. The van der Waals surface area contributed by atoms with Crippen LogP contribution in [0.4, 0.5) is 0 Å². The van der Waals surface area contributed by atoms with Crippen molar-refractivity contribution in [2.24, 2.45) is 0 Å². The van der Waals surface area contributed by atoms with Gasteiger partial charge in [-0.25, -0.2) is 0 Å². The summed E-state index contributed by atoms with van der Waals surface area (Å²) in [6, 6.07) is 11.4. The van der Waals surface area contributed by atoms with Crippen molar-refractivity contribution in [3.63, 3.8) is 0 Å². The van der Waals surface area contributed by atoms with E-state index in [1.54, 1.807) is 12.1 Å². The van der Waals surface area contributed by atoms with E-state index in [4.69, 9.17) is 16.8 Å². The molecule has 0 fully saturated rings. The van der Waals surface area contributed by atoms with E-state index < -0.39 is 147 Å².